The van der Waals surface area contributed by atoms with E-state index < -0.39 is 0 Å². The summed E-state index contributed by atoms with van der Waals surface area (Å²) < 4.78 is 1.62. The third kappa shape index (κ3) is 2.46. The first-order chi connectivity index (χ1) is 6.65. The largest absolute Gasteiger partial charge is 0.292 e. The van der Waals surface area contributed by atoms with Gasteiger partial charge in [-0.1, -0.05) is 0 Å². The van der Waals surface area contributed by atoms with Gasteiger partial charge in [0.05, 0.1) is 5.69 Å². The molecule has 0 fully saturated rings. The molecule has 0 spiro atoms. The fourth-order valence-electron chi connectivity index (χ4n) is 1.30. The van der Waals surface area contributed by atoms with Gasteiger partial charge in [0.1, 0.15) is 5.69 Å². The summed E-state index contributed by atoms with van der Waals surface area (Å²) in [7, 11) is 1.78. The Balaban J connectivity index is 2.68. The van der Waals surface area contributed by atoms with Crippen LogP contribution in [0.2, 0.25) is 0 Å². The zero-order valence-corrected chi connectivity index (χ0v) is 8.79. The van der Waals surface area contributed by atoms with E-state index >= 15 is 0 Å². The number of rotatable bonds is 3. The van der Waals surface area contributed by atoms with Crippen LogP contribution in [0.15, 0.2) is 6.07 Å². The van der Waals surface area contributed by atoms with E-state index in [-0.39, 0.29) is 5.78 Å². The lowest BCUT2D eigenvalue weighted by molar-refractivity contribution is 0.0975. The van der Waals surface area contributed by atoms with Crippen molar-refractivity contribution >= 4 is 5.78 Å². The van der Waals surface area contributed by atoms with Gasteiger partial charge in [0.2, 0.25) is 0 Å². The molecule has 0 aliphatic heterocycles. The molecule has 0 amide bonds. The molecular formula is C11H14N2O. The molecule has 0 bridgehead atoms. The molecule has 0 N–H and O–H groups in total. The first-order valence-electron chi connectivity index (χ1n) is 4.58. The van der Waals surface area contributed by atoms with Crippen molar-refractivity contribution in [3.63, 3.8) is 0 Å². The standard InChI is InChI=1S/C11H14N2O/c1-4-5-6-7-11(14)10-8-9(2)12-13(10)3/h8H,6-7H2,1-3H3. The SMILES string of the molecule is CC#CCCC(=O)c1cc(C)nn1C. The molecule has 0 aliphatic rings. The van der Waals surface area contributed by atoms with Crippen molar-refractivity contribution in [3.8, 4) is 11.8 Å². The van der Waals surface area contributed by atoms with E-state index in [4.69, 9.17) is 0 Å². The molecule has 0 aromatic carbocycles. The number of Topliss-reactive ketones (excluding diaryl/α,β-unsaturated/α-hetero) is 1. The highest BCUT2D eigenvalue weighted by Gasteiger charge is 2.10. The van der Waals surface area contributed by atoms with Crippen LogP contribution in [0.25, 0.3) is 0 Å². The Labute approximate surface area is 84.1 Å². The highest BCUT2D eigenvalue weighted by molar-refractivity contribution is 5.94. The maximum Gasteiger partial charge on any atom is 0.181 e. The zero-order valence-electron chi connectivity index (χ0n) is 8.79. The molecule has 0 saturated heterocycles. The Morgan fingerprint density at radius 2 is 2.36 bits per heavy atom. The molecule has 0 saturated carbocycles. The van der Waals surface area contributed by atoms with E-state index in [0.717, 1.165) is 5.69 Å². The smallest absolute Gasteiger partial charge is 0.181 e. The average molecular weight is 190 g/mol. The van der Waals surface area contributed by atoms with Crippen LogP contribution in [-0.2, 0) is 7.05 Å². The van der Waals surface area contributed by atoms with Gasteiger partial charge in [-0.3, -0.25) is 9.48 Å². The number of aromatic nitrogens is 2. The highest BCUT2D eigenvalue weighted by atomic mass is 16.1. The van der Waals surface area contributed by atoms with Crippen LogP contribution in [0, 0.1) is 18.8 Å². The monoisotopic (exact) mass is 190 g/mol. The maximum atomic E-state index is 11.6. The molecule has 0 aliphatic carbocycles. The molecule has 3 nitrogen and oxygen atoms in total. The van der Waals surface area contributed by atoms with Gasteiger partial charge in [-0.25, -0.2) is 0 Å². The lowest BCUT2D eigenvalue weighted by Gasteiger charge is -1.97. The van der Waals surface area contributed by atoms with Crippen LogP contribution in [0.4, 0.5) is 0 Å². The number of aryl methyl sites for hydroxylation is 2. The van der Waals surface area contributed by atoms with Gasteiger partial charge in [0.25, 0.3) is 0 Å². The van der Waals surface area contributed by atoms with Gasteiger partial charge < -0.3 is 0 Å². The summed E-state index contributed by atoms with van der Waals surface area (Å²) >= 11 is 0. The molecule has 0 unspecified atom stereocenters. The van der Waals surface area contributed by atoms with E-state index in [1.165, 1.54) is 0 Å². The van der Waals surface area contributed by atoms with E-state index in [1.54, 1.807) is 18.7 Å². The van der Waals surface area contributed by atoms with Crippen molar-refractivity contribution in [1.82, 2.24) is 9.78 Å². The van der Waals surface area contributed by atoms with Gasteiger partial charge in [0.15, 0.2) is 5.78 Å². The van der Waals surface area contributed by atoms with Gasteiger partial charge in [-0.05, 0) is 19.9 Å². The van der Waals surface area contributed by atoms with Crippen LogP contribution < -0.4 is 0 Å². The first kappa shape index (κ1) is 10.5. The third-order valence-corrected chi connectivity index (χ3v) is 1.94. The zero-order chi connectivity index (χ0) is 10.6. The summed E-state index contributed by atoms with van der Waals surface area (Å²) in [5, 5.41) is 4.12. The fourth-order valence-corrected chi connectivity index (χ4v) is 1.30. The van der Waals surface area contributed by atoms with Gasteiger partial charge in [-0.15, -0.1) is 11.8 Å². The van der Waals surface area contributed by atoms with E-state index in [1.807, 2.05) is 13.0 Å². The van der Waals surface area contributed by atoms with Gasteiger partial charge in [-0.2, -0.15) is 5.10 Å². The number of nitrogens with zero attached hydrogens (tertiary/aromatic N) is 2. The molecule has 0 atom stereocenters. The van der Waals surface area contributed by atoms with Crippen molar-refractivity contribution in [1.29, 1.82) is 0 Å². The van der Waals surface area contributed by atoms with E-state index in [0.29, 0.717) is 18.5 Å². The molecular weight excluding hydrogens is 176 g/mol. The summed E-state index contributed by atoms with van der Waals surface area (Å²) in [6.07, 6.45) is 1.10. The minimum absolute atomic E-state index is 0.107. The second kappa shape index (κ2) is 4.61. The van der Waals surface area contributed by atoms with Gasteiger partial charge >= 0.3 is 0 Å². The molecule has 3 heteroatoms. The minimum Gasteiger partial charge on any atom is -0.292 e. The lowest BCUT2D eigenvalue weighted by atomic mass is 10.1. The summed E-state index contributed by atoms with van der Waals surface area (Å²) in [4.78, 5) is 11.6. The van der Waals surface area contributed by atoms with Crippen LogP contribution in [-0.4, -0.2) is 15.6 Å². The third-order valence-electron chi connectivity index (χ3n) is 1.94. The van der Waals surface area contributed by atoms with Crippen molar-refractivity contribution in [3.05, 3.63) is 17.5 Å². The Bertz CT molecular complexity index is 393. The molecule has 1 aromatic rings. The second-order valence-electron chi connectivity index (χ2n) is 3.14. The Hall–Kier alpha value is -1.56. The summed E-state index contributed by atoms with van der Waals surface area (Å²) in [6.45, 7) is 3.65. The highest BCUT2D eigenvalue weighted by Crippen LogP contribution is 2.06. The lowest BCUT2D eigenvalue weighted by Crippen LogP contribution is -2.06. The summed E-state index contributed by atoms with van der Waals surface area (Å²) in [6, 6.07) is 1.81. The van der Waals surface area contributed by atoms with E-state index in [2.05, 4.69) is 16.9 Å². The van der Waals surface area contributed by atoms with E-state index in [9.17, 15) is 4.79 Å². The molecule has 14 heavy (non-hydrogen) atoms. The maximum absolute atomic E-state index is 11.6. The predicted molar refractivity (Wildman–Crippen MR) is 55.0 cm³/mol. The molecule has 1 aromatic heterocycles. The molecule has 0 radical (unpaired) electrons. The number of hydrogen-bond donors (Lipinski definition) is 0. The predicted octanol–water partition coefficient (Wildman–Crippen LogP) is 1.71. The number of ketones is 1. The fraction of sp³-hybridized carbons (Fsp3) is 0.455. The van der Waals surface area contributed by atoms with Crippen LogP contribution >= 0.6 is 0 Å². The van der Waals surface area contributed by atoms with Crippen molar-refractivity contribution in [2.75, 3.05) is 0 Å². The molecule has 1 heterocycles. The second-order valence-corrected chi connectivity index (χ2v) is 3.14. The van der Waals surface area contributed by atoms with Crippen molar-refractivity contribution in [2.45, 2.75) is 26.7 Å². The minimum atomic E-state index is 0.107. The van der Waals surface area contributed by atoms with Crippen LogP contribution in [0.3, 0.4) is 0 Å². The van der Waals surface area contributed by atoms with Crippen LogP contribution in [0.5, 0.6) is 0 Å². The van der Waals surface area contributed by atoms with Gasteiger partial charge in [0, 0.05) is 19.9 Å². The summed E-state index contributed by atoms with van der Waals surface area (Å²) in [5.41, 5.74) is 1.54. The van der Waals surface area contributed by atoms with Crippen LogP contribution in [0.1, 0.15) is 35.9 Å². The van der Waals surface area contributed by atoms with Crippen molar-refractivity contribution < 1.29 is 4.79 Å². The average Bonchev–Trinajstić information content (AvgIpc) is 2.45. The number of hydrogen-bond acceptors (Lipinski definition) is 2. The Kier molecular flexibility index (Phi) is 3.47. The molecule has 74 valence electrons. The topological polar surface area (TPSA) is 34.9 Å². The van der Waals surface area contributed by atoms with Crippen molar-refractivity contribution in [2.24, 2.45) is 7.05 Å². The number of carbonyl (C=O) groups excluding carboxylic acids is 1. The Morgan fingerprint density at radius 3 is 2.86 bits per heavy atom. The molecule has 1 rings (SSSR count). The number of carbonyl (C=O) groups is 1. The quantitative estimate of drug-likeness (QED) is 0.537. The normalized spacial score (nSPS) is 9.36. The Morgan fingerprint density at radius 1 is 1.64 bits per heavy atom. The summed E-state index contributed by atoms with van der Waals surface area (Å²) in [5.74, 6) is 5.75. The first-order valence-corrected chi connectivity index (χ1v) is 4.58.